The lowest BCUT2D eigenvalue weighted by Crippen LogP contribution is -2.22. The molecule has 92 valence electrons. The zero-order valence-electron chi connectivity index (χ0n) is 9.51. The molecule has 0 bridgehead atoms. The average Bonchev–Trinajstić information content (AvgIpc) is 2.89. The summed E-state index contributed by atoms with van der Waals surface area (Å²) in [5.41, 5.74) is 1.40. The summed E-state index contributed by atoms with van der Waals surface area (Å²) in [4.78, 5) is 25.5. The highest BCUT2D eigenvalue weighted by Crippen LogP contribution is 2.06. The fraction of sp³-hybridized carbons (Fsp3) is 0.0769. The van der Waals surface area contributed by atoms with E-state index >= 15 is 0 Å². The Labute approximate surface area is 103 Å². The summed E-state index contributed by atoms with van der Waals surface area (Å²) in [7, 11) is 0. The van der Waals surface area contributed by atoms with Crippen LogP contribution in [0.3, 0.4) is 0 Å². The summed E-state index contributed by atoms with van der Waals surface area (Å²) in [5, 5.41) is 11.6. The first-order valence-electron chi connectivity index (χ1n) is 5.40. The summed E-state index contributed by atoms with van der Waals surface area (Å²) in [6, 6.07) is 7.79. The van der Waals surface area contributed by atoms with E-state index < -0.39 is 5.97 Å². The Hall–Kier alpha value is -2.56. The standard InChI is InChI=1S/C13H12N2O3/c16-12(15-8-9-4-5-14-7-9)10-2-1-3-11(6-10)13(17)18/h1-7,14H,8H2,(H,15,16)(H,17,18). The van der Waals surface area contributed by atoms with E-state index in [0.717, 1.165) is 5.56 Å². The Balaban J connectivity index is 2.04. The number of benzene rings is 1. The largest absolute Gasteiger partial charge is 0.478 e. The third-order valence-electron chi connectivity index (χ3n) is 2.49. The van der Waals surface area contributed by atoms with Crippen molar-refractivity contribution in [3.63, 3.8) is 0 Å². The van der Waals surface area contributed by atoms with Gasteiger partial charge in [0.15, 0.2) is 0 Å². The number of nitrogens with one attached hydrogen (secondary N) is 2. The van der Waals surface area contributed by atoms with Crippen molar-refractivity contribution in [3.8, 4) is 0 Å². The van der Waals surface area contributed by atoms with Crippen molar-refractivity contribution in [1.82, 2.24) is 10.3 Å². The molecule has 0 atom stereocenters. The van der Waals surface area contributed by atoms with E-state index in [1.807, 2.05) is 6.07 Å². The smallest absolute Gasteiger partial charge is 0.335 e. The molecule has 1 heterocycles. The minimum absolute atomic E-state index is 0.101. The lowest BCUT2D eigenvalue weighted by molar-refractivity contribution is 0.0697. The number of H-pyrrole nitrogens is 1. The fourth-order valence-corrected chi connectivity index (χ4v) is 1.55. The van der Waals surface area contributed by atoms with Crippen LogP contribution in [0.15, 0.2) is 42.7 Å². The van der Waals surface area contributed by atoms with Crippen LogP contribution in [0.4, 0.5) is 0 Å². The Kier molecular flexibility index (Phi) is 3.43. The third-order valence-corrected chi connectivity index (χ3v) is 2.49. The molecule has 2 rings (SSSR count). The first-order valence-corrected chi connectivity index (χ1v) is 5.40. The van der Waals surface area contributed by atoms with Gasteiger partial charge in [-0.15, -0.1) is 0 Å². The number of carbonyl (C=O) groups excluding carboxylic acids is 1. The number of carboxylic acid groups (broad SMARTS) is 1. The second kappa shape index (κ2) is 5.18. The summed E-state index contributed by atoms with van der Waals surface area (Å²) in [5.74, 6) is -1.34. The summed E-state index contributed by atoms with van der Waals surface area (Å²) in [6.07, 6.45) is 3.56. The predicted molar refractivity (Wildman–Crippen MR) is 65.4 cm³/mol. The predicted octanol–water partition coefficient (Wildman–Crippen LogP) is 1.64. The van der Waals surface area contributed by atoms with Crippen LogP contribution in [0.5, 0.6) is 0 Å². The monoisotopic (exact) mass is 244 g/mol. The molecule has 5 heteroatoms. The van der Waals surface area contributed by atoms with E-state index in [1.54, 1.807) is 24.5 Å². The van der Waals surface area contributed by atoms with Gasteiger partial charge in [0.25, 0.3) is 5.91 Å². The number of rotatable bonds is 4. The molecule has 2 aromatic rings. The number of amides is 1. The van der Waals surface area contributed by atoms with Crippen LogP contribution in [0.25, 0.3) is 0 Å². The Morgan fingerprint density at radius 1 is 1.22 bits per heavy atom. The Morgan fingerprint density at radius 2 is 2.00 bits per heavy atom. The third kappa shape index (κ3) is 2.76. The number of aromatic nitrogens is 1. The molecular weight excluding hydrogens is 232 g/mol. The van der Waals surface area contributed by atoms with Crippen molar-refractivity contribution in [2.45, 2.75) is 6.54 Å². The first-order chi connectivity index (χ1) is 8.66. The van der Waals surface area contributed by atoms with Gasteiger partial charge in [-0.3, -0.25) is 4.79 Å². The molecule has 0 unspecified atom stereocenters. The zero-order chi connectivity index (χ0) is 13.0. The van der Waals surface area contributed by atoms with Crippen molar-refractivity contribution >= 4 is 11.9 Å². The minimum atomic E-state index is -1.05. The van der Waals surface area contributed by atoms with Crippen molar-refractivity contribution in [2.24, 2.45) is 0 Å². The maximum atomic E-state index is 11.8. The number of carboxylic acids is 1. The number of hydrogen-bond acceptors (Lipinski definition) is 2. The van der Waals surface area contributed by atoms with Crippen LogP contribution in [-0.4, -0.2) is 22.0 Å². The van der Waals surface area contributed by atoms with Gasteiger partial charge in [-0.1, -0.05) is 6.07 Å². The van der Waals surface area contributed by atoms with Gasteiger partial charge < -0.3 is 15.4 Å². The summed E-state index contributed by atoms with van der Waals surface area (Å²) in [6.45, 7) is 0.402. The van der Waals surface area contributed by atoms with Crippen LogP contribution in [0, 0.1) is 0 Å². The highest BCUT2D eigenvalue weighted by atomic mass is 16.4. The fourth-order valence-electron chi connectivity index (χ4n) is 1.55. The summed E-state index contributed by atoms with van der Waals surface area (Å²) >= 11 is 0. The van der Waals surface area contributed by atoms with Gasteiger partial charge in [-0.05, 0) is 29.8 Å². The van der Waals surface area contributed by atoms with E-state index in [9.17, 15) is 9.59 Å². The Bertz CT molecular complexity index is 561. The van der Waals surface area contributed by atoms with Gasteiger partial charge in [-0.2, -0.15) is 0 Å². The van der Waals surface area contributed by atoms with E-state index in [4.69, 9.17) is 5.11 Å². The SMILES string of the molecule is O=C(O)c1cccc(C(=O)NCc2cc[nH]c2)c1. The molecule has 3 N–H and O–H groups in total. The number of carbonyl (C=O) groups is 2. The number of hydrogen-bond donors (Lipinski definition) is 3. The molecule has 0 spiro atoms. The molecule has 0 aliphatic rings. The quantitative estimate of drug-likeness (QED) is 0.764. The van der Waals surface area contributed by atoms with Gasteiger partial charge in [-0.25, -0.2) is 4.79 Å². The van der Waals surface area contributed by atoms with E-state index in [0.29, 0.717) is 12.1 Å². The van der Waals surface area contributed by atoms with Gasteiger partial charge in [0.05, 0.1) is 5.56 Å². The topological polar surface area (TPSA) is 82.2 Å². The second-order valence-electron chi connectivity index (χ2n) is 3.79. The lowest BCUT2D eigenvalue weighted by atomic mass is 10.1. The molecule has 1 aromatic carbocycles. The van der Waals surface area contributed by atoms with Crippen LogP contribution >= 0.6 is 0 Å². The Morgan fingerprint density at radius 3 is 2.67 bits per heavy atom. The normalized spacial score (nSPS) is 10.0. The maximum absolute atomic E-state index is 11.8. The highest BCUT2D eigenvalue weighted by molar-refractivity contribution is 5.97. The molecule has 0 saturated carbocycles. The van der Waals surface area contributed by atoms with E-state index in [-0.39, 0.29) is 11.5 Å². The molecule has 0 fully saturated rings. The highest BCUT2D eigenvalue weighted by Gasteiger charge is 2.09. The van der Waals surface area contributed by atoms with Gasteiger partial charge in [0.2, 0.25) is 0 Å². The minimum Gasteiger partial charge on any atom is -0.478 e. The summed E-state index contributed by atoms with van der Waals surface area (Å²) < 4.78 is 0. The second-order valence-corrected chi connectivity index (χ2v) is 3.79. The molecule has 0 aliphatic carbocycles. The molecule has 18 heavy (non-hydrogen) atoms. The molecule has 0 saturated heterocycles. The van der Waals surface area contributed by atoms with Gasteiger partial charge in [0, 0.05) is 24.5 Å². The van der Waals surface area contributed by atoms with Crippen LogP contribution in [-0.2, 0) is 6.54 Å². The van der Waals surface area contributed by atoms with Gasteiger partial charge in [0.1, 0.15) is 0 Å². The molecule has 1 aromatic heterocycles. The molecular formula is C13H12N2O3. The van der Waals surface area contributed by atoms with Crippen LogP contribution < -0.4 is 5.32 Å². The van der Waals surface area contributed by atoms with Crippen molar-refractivity contribution in [3.05, 3.63) is 59.4 Å². The lowest BCUT2D eigenvalue weighted by Gasteiger charge is -2.04. The number of aromatic carboxylic acids is 1. The molecule has 0 aliphatic heterocycles. The number of aromatic amines is 1. The average molecular weight is 244 g/mol. The van der Waals surface area contributed by atoms with Crippen molar-refractivity contribution in [1.29, 1.82) is 0 Å². The molecule has 1 amide bonds. The maximum Gasteiger partial charge on any atom is 0.335 e. The van der Waals surface area contributed by atoms with Gasteiger partial charge >= 0.3 is 5.97 Å². The van der Waals surface area contributed by atoms with Crippen molar-refractivity contribution in [2.75, 3.05) is 0 Å². The molecule has 0 radical (unpaired) electrons. The van der Waals surface area contributed by atoms with Crippen LogP contribution in [0.1, 0.15) is 26.3 Å². The zero-order valence-corrected chi connectivity index (χ0v) is 9.51. The van der Waals surface area contributed by atoms with E-state index in [1.165, 1.54) is 12.1 Å². The van der Waals surface area contributed by atoms with Crippen LogP contribution in [0.2, 0.25) is 0 Å². The van der Waals surface area contributed by atoms with E-state index in [2.05, 4.69) is 10.3 Å². The first kappa shape index (κ1) is 11.9. The molecule has 5 nitrogen and oxygen atoms in total. The van der Waals surface area contributed by atoms with Crippen molar-refractivity contribution < 1.29 is 14.7 Å².